The summed E-state index contributed by atoms with van der Waals surface area (Å²) >= 11 is 1.50. The number of amides is 1. The predicted octanol–water partition coefficient (Wildman–Crippen LogP) is 1.32. The van der Waals surface area contributed by atoms with Crippen molar-refractivity contribution in [2.75, 3.05) is 6.61 Å². The molecule has 0 fully saturated rings. The first-order valence-corrected chi connectivity index (χ1v) is 6.44. The summed E-state index contributed by atoms with van der Waals surface area (Å²) in [7, 11) is 0. The summed E-state index contributed by atoms with van der Waals surface area (Å²) in [6, 6.07) is 1.88. The van der Waals surface area contributed by atoms with Crippen LogP contribution in [0.1, 0.15) is 26.7 Å². The summed E-state index contributed by atoms with van der Waals surface area (Å²) in [4.78, 5) is 16.6. The first kappa shape index (κ1) is 13.3. The zero-order valence-corrected chi connectivity index (χ0v) is 11.1. The van der Waals surface area contributed by atoms with Crippen LogP contribution >= 0.6 is 11.3 Å². The van der Waals surface area contributed by atoms with Crippen molar-refractivity contribution in [2.45, 2.75) is 13.5 Å². The van der Waals surface area contributed by atoms with Gasteiger partial charge >= 0.3 is 0 Å². The molecule has 0 bridgehead atoms. The highest BCUT2D eigenvalue weighted by Crippen LogP contribution is 2.14. The first-order chi connectivity index (χ1) is 9.20. The first-order valence-electron chi connectivity index (χ1n) is 5.56. The molecule has 0 radical (unpaired) electrons. The summed E-state index contributed by atoms with van der Waals surface area (Å²) in [5, 5.41) is 13.2. The molecule has 0 unspecified atom stereocenters. The van der Waals surface area contributed by atoms with Crippen molar-refractivity contribution in [1.29, 1.82) is 0 Å². The third-order valence-corrected chi connectivity index (χ3v) is 3.28. The summed E-state index contributed by atoms with van der Waals surface area (Å²) in [6.45, 7) is 1.96. The molecule has 2 rings (SSSR count). The van der Waals surface area contributed by atoms with Crippen LogP contribution in [0.4, 0.5) is 0 Å². The van der Waals surface area contributed by atoms with Gasteiger partial charge in [0.05, 0.1) is 12.2 Å². The Hall–Kier alpha value is -2.10. The largest absolute Gasteiger partial charge is 0.438 e. The molecule has 2 aromatic heterocycles. The molecule has 0 saturated carbocycles. The van der Waals surface area contributed by atoms with Crippen LogP contribution in [-0.4, -0.2) is 22.6 Å². The zero-order valence-electron chi connectivity index (χ0n) is 10.3. The minimum Gasteiger partial charge on any atom is -0.438 e. The molecular formula is C13H12N2O3S. The number of aryl methyl sites for hydroxylation is 1. The maximum absolute atomic E-state index is 11.8. The highest BCUT2D eigenvalue weighted by Gasteiger charge is 2.13. The van der Waals surface area contributed by atoms with Crippen LogP contribution in [0.5, 0.6) is 0 Å². The molecule has 0 spiro atoms. The van der Waals surface area contributed by atoms with Gasteiger partial charge in [0.25, 0.3) is 5.91 Å². The Kier molecular flexibility index (Phi) is 4.34. The van der Waals surface area contributed by atoms with Crippen molar-refractivity contribution < 1.29 is 14.3 Å². The molecule has 19 heavy (non-hydrogen) atoms. The molecule has 2 N–H and O–H groups in total. The van der Waals surface area contributed by atoms with Crippen LogP contribution in [-0.2, 0) is 6.54 Å². The smallest absolute Gasteiger partial charge is 0.289 e. The minimum atomic E-state index is -0.286. The van der Waals surface area contributed by atoms with Gasteiger partial charge in [0, 0.05) is 15.8 Å². The maximum atomic E-state index is 11.8. The van der Waals surface area contributed by atoms with E-state index in [2.05, 4.69) is 22.1 Å². The summed E-state index contributed by atoms with van der Waals surface area (Å²) in [5.41, 5.74) is 1.40. The Morgan fingerprint density at radius 2 is 2.47 bits per heavy atom. The number of carbonyl (C=O) groups excluding carboxylic acids is 1. The van der Waals surface area contributed by atoms with Crippen molar-refractivity contribution >= 4 is 17.2 Å². The highest BCUT2D eigenvalue weighted by molar-refractivity contribution is 7.10. The van der Waals surface area contributed by atoms with Crippen molar-refractivity contribution in [2.24, 2.45) is 0 Å². The molecule has 0 saturated heterocycles. The number of hydrogen-bond acceptors (Lipinski definition) is 5. The average molecular weight is 276 g/mol. The summed E-state index contributed by atoms with van der Waals surface area (Å²) in [6.07, 6.45) is 1.25. The fraction of sp³-hybridized carbons (Fsp3) is 0.231. The van der Waals surface area contributed by atoms with Gasteiger partial charge in [0.1, 0.15) is 6.61 Å². The summed E-state index contributed by atoms with van der Waals surface area (Å²) in [5.74, 6) is 5.33. The maximum Gasteiger partial charge on any atom is 0.289 e. The number of nitrogens with zero attached hydrogens (tertiary/aromatic N) is 1. The van der Waals surface area contributed by atoms with Gasteiger partial charge in [-0.2, -0.15) is 0 Å². The van der Waals surface area contributed by atoms with E-state index in [-0.39, 0.29) is 18.3 Å². The monoisotopic (exact) mass is 276 g/mol. The van der Waals surface area contributed by atoms with E-state index in [1.54, 1.807) is 6.92 Å². The van der Waals surface area contributed by atoms with Gasteiger partial charge in [-0.05, 0) is 13.0 Å². The third kappa shape index (κ3) is 3.44. The number of rotatable bonds is 3. The van der Waals surface area contributed by atoms with E-state index in [4.69, 9.17) is 9.52 Å². The quantitative estimate of drug-likeness (QED) is 0.829. The van der Waals surface area contributed by atoms with E-state index in [1.807, 2.05) is 11.4 Å². The Bertz CT molecular complexity index is 634. The van der Waals surface area contributed by atoms with E-state index in [0.717, 1.165) is 10.4 Å². The van der Waals surface area contributed by atoms with E-state index >= 15 is 0 Å². The van der Waals surface area contributed by atoms with E-state index in [9.17, 15) is 4.79 Å². The lowest BCUT2D eigenvalue weighted by atomic mass is 10.3. The van der Waals surface area contributed by atoms with Gasteiger partial charge in [-0.25, -0.2) is 4.98 Å². The highest BCUT2D eigenvalue weighted by atomic mass is 32.1. The van der Waals surface area contributed by atoms with E-state index in [1.165, 1.54) is 17.7 Å². The molecule has 2 heterocycles. The number of thiophene rings is 1. The topological polar surface area (TPSA) is 75.4 Å². The Balaban J connectivity index is 1.94. The molecule has 0 atom stereocenters. The van der Waals surface area contributed by atoms with Gasteiger partial charge in [0.15, 0.2) is 6.39 Å². The number of oxazole rings is 1. The SMILES string of the molecule is Cc1ncoc1C(=O)NCc1cc(C#CCO)cs1. The molecule has 2 aromatic rings. The number of hydrogen-bond donors (Lipinski definition) is 2. The molecular weight excluding hydrogens is 264 g/mol. The van der Waals surface area contributed by atoms with Crippen molar-refractivity contribution in [3.05, 3.63) is 39.7 Å². The van der Waals surface area contributed by atoms with Crippen LogP contribution in [0.15, 0.2) is 22.3 Å². The average Bonchev–Trinajstić information content (AvgIpc) is 3.02. The molecule has 1 amide bonds. The number of carbonyl (C=O) groups is 1. The number of aliphatic hydroxyl groups excluding tert-OH is 1. The van der Waals surface area contributed by atoms with Crippen molar-refractivity contribution in [1.82, 2.24) is 10.3 Å². The van der Waals surface area contributed by atoms with Gasteiger partial charge in [-0.1, -0.05) is 11.8 Å². The standard InChI is InChI=1S/C13H12N2O3S/c1-9-12(18-8-15-9)13(17)14-6-11-5-10(7-19-11)3-2-4-16/h5,7-8,16H,4,6H2,1H3,(H,14,17). The molecule has 0 aromatic carbocycles. The Labute approximate surface area is 114 Å². The second-order valence-electron chi connectivity index (χ2n) is 3.71. The Morgan fingerprint density at radius 1 is 1.63 bits per heavy atom. The fourth-order valence-corrected chi connectivity index (χ4v) is 2.20. The number of aromatic nitrogens is 1. The van der Waals surface area contributed by atoms with Crippen LogP contribution in [0.2, 0.25) is 0 Å². The number of nitrogens with one attached hydrogen (secondary N) is 1. The van der Waals surface area contributed by atoms with Crippen LogP contribution in [0.25, 0.3) is 0 Å². The fourth-order valence-electron chi connectivity index (χ4n) is 1.45. The predicted molar refractivity (Wildman–Crippen MR) is 70.7 cm³/mol. The van der Waals surface area contributed by atoms with Crippen LogP contribution in [0, 0.1) is 18.8 Å². The molecule has 0 aliphatic rings. The van der Waals surface area contributed by atoms with Crippen molar-refractivity contribution in [3.8, 4) is 11.8 Å². The van der Waals surface area contributed by atoms with E-state index < -0.39 is 0 Å². The zero-order chi connectivity index (χ0) is 13.7. The molecule has 6 heteroatoms. The van der Waals surface area contributed by atoms with Crippen LogP contribution in [0.3, 0.4) is 0 Å². The Morgan fingerprint density at radius 3 is 3.16 bits per heavy atom. The second-order valence-corrected chi connectivity index (χ2v) is 4.71. The lowest BCUT2D eigenvalue weighted by Gasteiger charge is -2.00. The third-order valence-electron chi connectivity index (χ3n) is 2.34. The second kappa shape index (κ2) is 6.18. The van der Waals surface area contributed by atoms with Gasteiger partial charge in [-0.15, -0.1) is 11.3 Å². The minimum absolute atomic E-state index is 0.160. The van der Waals surface area contributed by atoms with Crippen molar-refractivity contribution in [3.63, 3.8) is 0 Å². The lowest BCUT2D eigenvalue weighted by Crippen LogP contribution is -2.22. The van der Waals surface area contributed by atoms with Gasteiger partial charge < -0.3 is 14.8 Å². The normalized spacial score (nSPS) is 9.79. The van der Waals surface area contributed by atoms with E-state index in [0.29, 0.717) is 12.2 Å². The molecule has 5 nitrogen and oxygen atoms in total. The number of aliphatic hydroxyl groups is 1. The van der Waals surface area contributed by atoms with Gasteiger partial charge in [0.2, 0.25) is 5.76 Å². The van der Waals surface area contributed by atoms with Crippen LogP contribution < -0.4 is 5.32 Å². The lowest BCUT2D eigenvalue weighted by molar-refractivity contribution is 0.0922. The molecule has 0 aliphatic heterocycles. The van der Waals surface area contributed by atoms with Gasteiger partial charge in [-0.3, -0.25) is 4.79 Å². The summed E-state index contributed by atoms with van der Waals surface area (Å²) < 4.78 is 5.00. The molecule has 98 valence electrons. The molecule has 0 aliphatic carbocycles.